The summed E-state index contributed by atoms with van der Waals surface area (Å²) in [6, 6.07) is 3.84. The van der Waals surface area contributed by atoms with Crippen LogP contribution in [0.3, 0.4) is 0 Å². The molecule has 2 aliphatic rings. The van der Waals surface area contributed by atoms with Crippen molar-refractivity contribution in [3.63, 3.8) is 0 Å². The lowest BCUT2D eigenvalue weighted by Gasteiger charge is -2.48. The number of hydrogen-bond donors (Lipinski definition) is 1. The van der Waals surface area contributed by atoms with E-state index in [4.69, 9.17) is 0 Å². The van der Waals surface area contributed by atoms with Gasteiger partial charge in [0.1, 0.15) is 11.6 Å². The van der Waals surface area contributed by atoms with Crippen molar-refractivity contribution in [2.75, 3.05) is 31.7 Å². The molecule has 1 aromatic carbocycles. The van der Waals surface area contributed by atoms with Crippen LogP contribution >= 0.6 is 7.14 Å². The van der Waals surface area contributed by atoms with Gasteiger partial charge < -0.3 is 14.8 Å². The maximum atomic E-state index is 13.5. The summed E-state index contributed by atoms with van der Waals surface area (Å²) in [5, 5.41) is 2.79. The number of rotatable bonds is 5. The van der Waals surface area contributed by atoms with E-state index in [1.165, 1.54) is 13.0 Å². The maximum absolute atomic E-state index is 13.5. The van der Waals surface area contributed by atoms with Crippen molar-refractivity contribution in [3.8, 4) is 0 Å². The average Bonchev–Trinajstić information content (AvgIpc) is 2.66. The van der Waals surface area contributed by atoms with Crippen molar-refractivity contribution in [3.05, 3.63) is 57.7 Å². The van der Waals surface area contributed by atoms with E-state index in [0.717, 1.165) is 42.5 Å². The fourth-order valence-corrected chi connectivity index (χ4v) is 6.21. The molecule has 0 bridgehead atoms. The Balaban J connectivity index is 1.77. The van der Waals surface area contributed by atoms with Crippen LogP contribution in [0.5, 0.6) is 0 Å². The van der Waals surface area contributed by atoms with Gasteiger partial charge in [-0.25, -0.2) is 9.97 Å². The molecule has 1 N–H and O–H groups in total. The number of nitrogens with zero attached hydrogens (tertiary/aromatic N) is 3. The van der Waals surface area contributed by atoms with Crippen molar-refractivity contribution in [1.29, 1.82) is 0 Å². The molecule has 0 radical (unpaired) electrons. The van der Waals surface area contributed by atoms with Crippen molar-refractivity contribution >= 4 is 19.0 Å². The monoisotopic (exact) mass is 492 g/mol. The summed E-state index contributed by atoms with van der Waals surface area (Å²) in [4.78, 5) is 11.6. The lowest BCUT2D eigenvalue weighted by atomic mass is 9.87. The predicted molar refractivity (Wildman–Crippen MR) is 131 cm³/mol. The van der Waals surface area contributed by atoms with Gasteiger partial charge in [-0.05, 0) is 77.1 Å². The van der Waals surface area contributed by atoms with E-state index in [9.17, 15) is 17.7 Å². The summed E-state index contributed by atoms with van der Waals surface area (Å²) >= 11 is 0. The van der Waals surface area contributed by atoms with E-state index in [1.807, 2.05) is 33.3 Å². The fraction of sp³-hybridized carbons (Fsp3) is 0.520. The quantitative estimate of drug-likeness (QED) is 0.499. The first-order valence-electron chi connectivity index (χ1n) is 11.6. The molecular formula is C25H32F3N4OP. The van der Waals surface area contributed by atoms with Gasteiger partial charge in [-0.1, -0.05) is 12.1 Å². The van der Waals surface area contributed by atoms with Crippen LogP contribution in [0.4, 0.5) is 19.0 Å². The lowest BCUT2D eigenvalue weighted by molar-refractivity contribution is -0.138. The van der Waals surface area contributed by atoms with Crippen molar-refractivity contribution in [1.82, 2.24) is 14.9 Å². The Morgan fingerprint density at radius 2 is 1.85 bits per heavy atom. The largest absolute Gasteiger partial charge is 0.416 e. The third-order valence-corrected chi connectivity index (χ3v) is 10.1. The smallest absolute Gasteiger partial charge is 0.374 e. The second-order valence-electron chi connectivity index (χ2n) is 10.0. The number of aromatic nitrogens is 2. The van der Waals surface area contributed by atoms with Crippen molar-refractivity contribution < 1.29 is 17.7 Å². The molecule has 2 heterocycles. The van der Waals surface area contributed by atoms with Gasteiger partial charge in [0.25, 0.3) is 0 Å². The van der Waals surface area contributed by atoms with Crippen LogP contribution in [0, 0.1) is 13.8 Å². The van der Waals surface area contributed by atoms with E-state index in [2.05, 4.69) is 20.2 Å². The molecule has 1 aromatic heterocycles. The molecule has 5 nitrogen and oxygen atoms in total. The Hall–Kier alpha value is -2.34. The molecule has 2 atom stereocenters. The van der Waals surface area contributed by atoms with Gasteiger partial charge in [-0.3, -0.25) is 0 Å². The van der Waals surface area contributed by atoms with Crippen molar-refractivity contribution in [2.45, 2.75) is 57.9 Å². The Morgan fingerprint density at radius 1 is 1.18 bits per heavy atom. The Labute approximate surface area is 199 Å². The summed E-state index contributed by atoms with van der Waals surface area (Å²) in [6.07, 6.45) is -0.751. The molecule has 4 rings (SSSR count). The van der Waals surface area contributed by atoms with Gasteiger partial charge in [0, 0.05) is 24.4 Å². The van der Waals surface area contributed by atoms with Crippen LogP contribution < -0.4 is 5.32 Å². The highest BCUT2D eigenvalue weighted by Gasteiger charge is 2.47. The minimum absolute atomic E-state index is 0.200. The van der Waals surface area contributed by atoms with Crippen molar-refractivity contribution in [2.24, 2.45) is 0 Å². The van der Waals surface area contributed by atoms with E-state index >= 15 is 0 Å². The van der Waals surface area contributed by atoms with E-state index in [1.54, 1.807) is 13.0 Å². The van der Waals surface area contributed by atoms with E-state index in [0.29, 0.717) is 23.6 Å². The number of aryl methyl sites for hydroxylation is 1. The number of nitrogens with one attached hydrogen (secondary N) is 1. The number of fused-ring (bicyclic) bond motifs is 1. The van der Waals surface area contributed by atoms with E-state index < -0.39 is 30.1 Å². The van der Waals surface area contributed by atoms with E-state index in [-0.39, 0.29) is 5.56 Å². The first kappa shape index (κ1) is 24.8. The number of hydrogen-bond acceptors (Lipinski definition) is 5. The second-order valence-corrected chi connectivity index (χ2v) is 13.7. The molecule has 34 heavy (non-hydrogen) atoms. The van der Waals surface area contributed by atoms with Crippen LogP contribution in [0.2, 0.25) is 0 Å². The van der Waals surface area contributed by atoms with Crippen LogP contribution in [-0.2, 0) is 17.2 Å². The molecule has 9 heteroatoms. The first-order chi connectivity index (χ1) is 15.7. The number of alkyl halides is 3. The number of benzene rings is 1. The fourth-order valence-electron chi connectivity index (χ4n) is 4.92. The second kappa shape index (κ2) is 8.40. The molecule has 1 aliphatic carbocycles. The van der Waals surface area contributed by atoms with Crippen LogP contribution in [0.1, 0.15) is 60.1 Å². The van der Waals surface area contributed by atoms with Gasteiger partial charge in [0.2, 0.25) is 0 Å². The van der Waals surface area contributed by atoms with Crippen LogP contribution in [0.15, 0.2) is 23.9 Å². The molecule has 1 aliphatic heterocycles. The summed E-state index contributed by atoms with van der Waals surface area (Å²) < 4.78 is 53.9. The number of allylic oxidation sites excluding steroid dienone is 1. The standard InChI is InChI=1S/C25H32F3N4OP/c1-15-18(9-7-10-20(15)25(26,27)28)16(2)29-23-19-14-24(4,34(5,6)33)22(32-11-8-12-32)13-21(19)30-17(3)31-23/h7,9-10,13,16H,8,11-12,14H2,1-6H3,(H,29,30,31)/t16-,24?/m1/s1. The zero-order valence-electron chi connectivity index (χ0n) is 20.5. The third-order valence-electron chi connectivity index (χ3n) is 7.38. The summed E-state index contributed by atoms with van der Waals surface area (Å²) in [6.45, 7) is 12.7. The molecule has 1 unspecified atom stereocenters. The Bertz CT molecular complexity index is 1200. The highest BCUT2D eigenvalue weighted by molar-refractivity contribution is 7.64. The summed E-state index contributed by atoms with van der Waals surface area (Å²) in [5.41, 5.74) is 2.84. The minimum Gasteiger partial charge on any atom is -0.374 e. The zero-order chi connectivity index (χ0) is 25.1. The number of anilines is 1. The SMILES string of the molecule is Cc1nc2c(c(N[C@H](C)c3cccc(C(F)(F)F)c3C)n1)CC(C)(P(C)(C)=O)C(N1CCC1)=C2. The topological polar surface area (TPSA) is 58.1 Å². The van der Waals surface area contributed by atoms with Gasteiger partial charge in [0.15, 0.2) is 0 Å². The summed E-state index contributed by atoms with van der Waals surface area (Å²) in [7, 11) is -2.57. The molecule has 1 saturated heterocycles. The van der Waals surface area contributed by atoms with Gasteiger partial charge in [-0.15, -0.1) is 0 Å². The highest BCUT2D eigenvalue weighted by atomic mass is 31.2. The third kappa shape index (κ3) is 4.26. The van der Waals surface area contributed by atoms with Gasteiger partial charge in [0.05, 0.1) is 29.6 Å². The zero-order valence-corrected chi connectivity index (χ0v) is 21.4. The lowest BCUT2D eigenvalue weighted by Crippen LogP contribution is -2.47. The molecule has 2 aromatic rings. The molecule has 0 saturated carbocycles. The Kier molecular flexibility index (Phi) is 6.12. The molecular weight excluding hydrogens is 460 g/mol. The normalized spacial score (nSPS) is 21.4. The minimum atomic E-state index is -4.41. The van der Waals surface area contributed by atoms with Crippen LogP contribution in [-0.4, -0.2) is 46.4 Å². The number of likely N-dealkylation sites (tertiary alicyclic amines) is 1. The highest BCUT2D eigenvalue weighted by Crippen LogP contribution is 2.60. The summed E-state index contributed by atoms with van der Waals surface area (Å²) in [5.74, 6) is 1.17. The number of halogens is 3. The molecule has 0 amide bonds. The molecule has 184 valence electrons. The molecule has 1 fully saturated rings. The Morgan fingerprint density at radius 3 is 2.41 bits per heavy atom. The first-order valence-corrected chi connectivity index (χ1v) is 14.2. The van der Waals surface area contributed by atoms with Gasteiger partial charge in [-0.2, -0.15) is 13.2 Å². The van der Waals surface area contributed by atoms with Gasteiger partial charge >= 0.3 is 6.18 Å². The molecule has 0 spiro atoms. The average molecular weight is 493 g/mol. The predicted octanol–water partition coefficient (Wildman–Crippen LogP) is 6.27. The maximum Gasteiger partial charge on any atom is 0.416 e. The van der Waals surface area contributed by atoms with Crippen LogP contribution in [0.25, 0.3) is 6.08 Å².